The molecule has 29 heavy (non-hydrogen) atoms. The minimum Gasteiger partial charge on any atom is -0.469 e. The number of guanidine groups is 1. The number of nitrogens with one attached hydrogen (secondary N) is 1. The number of hydrogen-bond acceptors (Lipinski definition) is 5. The maximum atomic E-state index is 12.6. The Kier molecular flexibility index (Phi) is 9.97. The van der Waals surface area contributed by atoms with Gasteiger partial charge in [0.05, 0.1) is 19.1 Å². The van der Waals surface area contributed by atoms with Crippen LogP contribution in [0.3, 0.4) is 0 Å². The van der Waals surface area contributed by atoms with Crippen LogP contribution in [-0.4, -0.2) is 79.8 Å². The van der Waals surface area contributed by atoms with Crippen molar-refractivity contribution < 1.29 is 19.1 Å². The molecule has 0 aromatic heterocycles. The number of amides is 1. The van der Waals surface area contributed by atoms with Gasteiger partial charge in [0.2, 0.25) is 0 Å². The summed E-state index contributed by atoms with van der Waals surface area (Å²) in [5, 5.41) is 3.40. The van der Waals surface area contributed by atoms with Gasteiger partial charge >= 0.3 is 12.1 Å². The molecule has 2 fully saturated rings. The number of nitrogens with zero attached hydrogens (tertiary/aromatic N) is 3. The molecule has 0 aromatic carbocycles. The van der Waals surface area contributed by atoms with E-state index in [0.717, 1.165) is 31.8 Å². The molecule has 0 aliphatic carbocycles. The SMILES string of the molecule is CN=C(NCC1CCCCN1C(=O)OC(C)(C)C)N1CC(C)C(C(=O)OC)C1.I. The van der Waals surface area contributed by atoms with Crippen molar-refractivity contribution in [1.29, 1.82) is 0 Å². The summed E-state index contributed by atoms with van der Waals surface area (Å²) in [6.07, 6.45) is 2.77. The van der Waals surface area contributed by atoms with Crippen LogP contribution in [0, 0.1) is 11.8 Å². The molecule has 9 heteroatoms. The monoisotopic (exact) mass is 524 g/mol. The number of halogens is 1. The molecule has 0 bridgehead atoms. The Labute approximate surface area is 191 Å². The van der Waals surface area contributed by atoms with E-state index in [4.69, 9.17) is 9.47 Å². The van der Waals surface area contributed by atoms with Gasteiger partial charge < -0.3 is 24.6 Å². The van der Waals surface area contributed by atoms with Gasteiger partial charge in [-0.2, -0.15) is 0 Å². The fraction of sp³-hybridized carbons (Fsp3) is 0.850. The summed E-state index contributed by atoms with van der Waals surface area (Å²) in [6, 6.07) is 0.0665. The van der Waals surface area contributed by atoms with Gasteiger partial charge in [0, 0.05) is 33.2 Å². The Bertz CT molecular complexity index is 594. The van der Waals surface area contributed by atoms with Crippen LogP contribution in [0.5, 0.6) is 0 Å². The fourth-order valence-electron chi connectivity index (χ4n) is 3.91. The summed E-state index contributed by atoms with van der Waals surface area (Å²) in [5.41, 5.74) is -0.503. The summed E-state index contributed by atoms with van der Waals surface area (Å²) < 4.78 is 10.5. The van der Waals surface area contributed by atoms with Gasteiger partial charge in [-0.05, 0) is 46.0 Å². The van der Waals surface area contributed by atoms with Crippen molar-refractivity contribution in [2.45, 2.75) is 58.6 Å². The second kappa shape index (κ2) is 11.2. The summed E-state index contributed by atoms with van der Waals surface area (Å²) in [4.78, 5) is 32.8. The Morgan fingerprint density at radius 1 is 1.21 bits per heavy atom. The highest BCUT2D eigenvalue weighted by Gasteiger charge is 2.37. The normalized spacial score (nSPS) is 25.3. The van der Waals surface area contributed by atoms with Gasteiger partial charge in [-0.25, -0.2) is 4.79 Å². The van der Waals surface area contributed by atoms with Gasteiger partial charge in [-0.15, -0.1) is 24.0 Å². The second-order valence-electron chi connectivity index (χ2n) is 8.76. The molecule has 0 spiro atoms. The molecule has 0 aromatic rings. The number of hydrogen-bond donors (Lipinski definition) is 1. The third kappa shape index (κ3) is 7.18. The zero-order valence-electron chi connectivity index (χ0n) is 18.6. The van der Waals surface area contributed by atoms with Crippen LogP contribution in [-0.2, 0) is 14.3 Å². The molecule has 3 unspecified atom stereocenters. The lowest BCUT2D eigenvalue weighted by atomic mass is 9.99. The minimum atomic E-state index is -0.503. The molecule has 8 nitrogen and oxygen atoms in total. The molecule has 168 valence electrons. The fourth-order valence-corrected chi connectivity index (χ4v) is 3.91. The topological polar surface area (TPSA) is 83.5 Å². The van der Waals surface area contributed by atoms with E-state index in [1.165, 1.54) is 7.11 Å². The van der Waals surface area contributed by atoms with E-state index < -0.39 is 5.60 Å². The number of carbonyl (C=O) groups excluding carboxylic acids is 2. The summed E-state index contributed by atoms with van der Waals surface area (Å²) in [6.45, 7) is 10.4. The smallest absolute Gasteiger partial charge is 0.410 e. The van der Waals surface area contributed by atoms with Crippen LogP contribution in [0.15, 0.2) is 4.99 Å². The van der Waals surface area contributed by atoms with Crippen LogP contribution in [0.25, 0.3) is 0 Å². The third-order valence-corrected chi connectivity index (χ3v) is 5.38. The molecule has 0 saturated carbocycles. The van der Waals surface area contributed by atoms with E-state index in [2.05, 4.69) is 22.1 Å². The number of esters is 1. The molecule has 1 N–H and O–H groups in total. The maximum absolute atomic E-state index is 12.6. The average Bonchev–Trinajstić information content (AvgIpc) is 3.02. The highest BCUT2D eigenvalue weighted by atomic mass is 127. The molecule has 2 aliphatic rings. The first-order valence-corrected chi connectivity index (χ1v) is 10.2. The lowest BCUT2D eigenvalue weighted by molar-refractivity contribution is -0.146. The zero-order chi connectivity index (χ0) is 20.9. The molecule has 2 rings (SSSR count). The van der Waals surface area contributed by atoms with Crippen LogP contribution in [0.4, 0.5) is 4.79 Å². The van der Waals surface area contributed by atoms with Gasteiger partial charge in [0.1, 0.15) is 5.60 Å². The number of piperidine rings is 1. The second-order valence-corrected chi connectivity index (χ2v) is 8.76. The molecule has 1 amide bonds. The highest BCUT2D eigenvalue weighted by molar-refractivity contribution is 14.0. The van der Waals surface area contributed by atoms with E-state index in [1.807, 2.05) is 25.7 Å². The summed E-state index contributed by atoms with van der Waals surface area (Å²) >= 11 is 0. The van der Waals surface area contributed by atoms with Crippen molar-refractivity contribution >= 4 is 42.0 Å². The third-order valence-electron chi connectivity index (χ3n) is 5.38. The van der Waals surface area contributed by atoms with E-state index in [1.54, 1.807) is 7.05 Å². The summed E-state index contributed by atoms with van der Waals surface area (Å²) in [5.74, 6) is 0.650. The molecule has 2 saturated heterocycles. The number of methoxy groups -OCH3 is 1. The Morgan fingerprint density at radius 2 is 1.90 bits per heavy atom. The lowest BCUT2D eigenvalue weighted by Gasteiger charge is -2.37. The zero-order valence-corrected chi connectivity index (χ0v) is 20.9. The quantitative estimate of drug-likeness (QED) is 0.265. The molecule has 3 atom stereocenters. The van der Waals surface area contributed by atoms with Crippen LogP contribution >= 0.6 is 24.0 Å². The first-order chi connectivity index (χ1) is 13.2. The van der Waals surface area contributed by atoms with Crippen molar-refractivity contribution in [3.63, 3.8) is 0 Å². The standard InChI is InChI=1S/C20H36N4O4.HI/c1-14-12-23(13-16(14)17(25)27-6)18(21-5)22-11-15-9-7-8-10-24(15)19(26)28-20(2,3)4;/h14-16H,7-13H2,1-6H3,(H,21,22);1H. The van der Waals surface area contributed by atoms with Gasteiger partial charge in [-0.1, -0.05) is 6.92 Å². The largest absolute Gasteiger partial charge is 0.469 e. The molecule has 2 aliphatic heterocycles. The Morgan fingerprint density at radius 3 is 2.48 bits per heavy atom. The molecule has 0 radical (unpaired) electrons. The first kappa shape index (κ1) is 25.8. The number of rotatable bonds is 3. The highest BCUT2D eigenvalue weighted by Crippen LogP contribution is 2.24. The van der Waals surface area contributed by atoms with Crippen molar-refractivity contribution in [3.8, 4) is 0 Å². The van der Waals surface area contributed by atoms with E-state index >= 15 is 0 Å². The van der Waals surface area contributed by atoms with Crippen molar-refractivity contribution in [2.24, 2.45) is 16.8 Å². The van der Waals surface area contributed by atoms with Gasteiger partial charge in [-0.3, -0.25) is 9.79 Å². The average molecular weight is 524 g/mol. The molecular weight excluding hydrogens is 487 g/mol. The van der Waals surface area contributed by atoms with Crippen molar-refractivity contribution in [1.82, 2.24) is 15.1 Å². The Balaban J connectivity index is 0.00000420. The van der Waals surface area contributed by atoms with Crippen molar-refractivity contribution in [2.75, 3.05) is 40.3 Å². The number of ether oxygens (including phenoxy) is 2. The predicted octanol–water partition coefficient (Wildman–Crippen LogP) is 2.71. The van der Waals surface area contributed by atoms with E-state index in [0.29, 0.717) is 19.6 Å². The summed E-state index contributed by atoms with van der Waals surface area (Å²) in [7, 11) is 3.17. The number of likely N-dealkylation sites (tertiary alicyclic amines) is 2. The lowest BCUT2D eigenvalue weighted by Crippen LogP contribution is -2.52. The maximum Gasteiger partial charge on any atom is 0.410 e. The van der Waals surface area contributed by atoms with E-state index in [9.17, 15) is 9.59 Å². The molecule has 2 heterocycles. The molecular formula is C20H37IN4O4. The Hall–Kier alpha value is -1.26. The minimum absolute atomic E-state index is 0. The van der Waals surface area contributed by atoms with Crippen LogP contribution in [0.2, 0.25) is 0 Å². The van der Waals surface area contributed by atoms with Crippen LogP contribution in [0.1, 0.15) is 47.0 Å². The van der Waals surface area contributed by atoms with Gasteiger partial charge in [0.25, 0.3) is 0 Å². The van der Waals surface area contributed by atoms with Crippen molar-refractivity contribution in [3.05, 3.63) is 0 Å². The number of carbonyl (C=O) groups is 2. The van der Waals surface area contributed by atoms with Gasteiger partial charge in [0.15, 0.2) is 5.96 Å². The number of aliphatic imine (C=N–C) groups is 1. The predicted molar refractivity (Wildman–Crippen MR) is 124 cm³/mol. The first-order valence-electron chi connectivity index (χ1n) is 10.2. The van der Waals surface area contributed by atoms with Crippen LogP contribution < -0.4 is 5.32 Å². The van der Waals surface area contributed by atoms with E-state index in [-0.39, 0.29) is 53.9 Å².